The second kappa shape index (κ2) is 5.53. The number of nitrogens with one attached hydrogen (secondary N) is 1. The van der Waals surface area contributed by atoms with Crippen LogP contribution >= 0.6 is 23.2 Å². The number of benzene rings is 1. The molecule has 0 aliphatic carbocycles. The molecule has 0 fully saturated rings. The van der Waals surface area contributed by atoms with Crippen LogP contribution in [-0.2, 0) is 10.1 Å². The van der Waals surface area contributed by atoms with E-state index in [0.29, 0.717) is 17.1 Å². The van der Waals surface area contributed by atoms with Crippen LogP contribution in [0.25, 0.3) is 0 Å². The van der Waals surface area contributed by atoms with E-state index in [4.69, 9.17) is 27.8 Å². The predicted octanol–water partition coefficient (Wildman–Crippen LogP) is 3.08. The van der Waals surface area contributed by atoms with Gasteiger partial charge in [0.05, 0.1) is 4.90 Å². The number of anilines is 2. The molecule has 2 rings (SSSR count). The van der Waals surface area contributed by atoms with Gasteiger partial charge in [-0.3, -0.25) is 4.55 Å². The molecule has 1 aromatic carbocycles. The fraction of sp³-hybridized carbons (Fsp3) is 0.0909. The summed E-state index contributed by atoms with van der Waals surface area (Å²) >= 11 is 11.7. The first-order chi connectivity index (χ1) is 9.29. The minimum atomic E-state index is -4.24. The first-order valence-corrected chi connectivity index (χ1v) is 7.50. The van der Waals surface area contributed by atoms with Crippen LogP contribution in [0.4, 0.5) is 11.5 Å². The van der Waals surface area contributed by atoms with Crippen molar-refractivity contribution in [1.29, 1.82) is 0 Å². The van der Waals surface area contributed by atoms with E-state index in [2.05, 4.69) is 15.3 Å². The van der Waals surface area contributed by atoms with Gasteiger partial charge >= 0.3 is 0 Å². The molecule has 1 aromatic heterocycles. The molecule has 2 aromatic rings. The zero-order chi connectivity index (χ0) is 14.9. The first-order valence-electron chi connectivity index (χ1n) is 5.30. The summed E-state index contributed by atoms with van der Waals surface area (Å²) in [5.74, 6) is 0.297. The maximum atomic E-state index is 11.1. The van der Waals surface area contributed by atoms with Gasteiger partial charge in [-0.15, -0.1) is 0 Å². The van der Waals surface area contributed by atoms with Crippen molar-refractivity contribution in [3.8, 4) is 0 Å². The average Bonchev–Trinajstić information content (AvgIpc) is 2.33. The Kier molecular flexibility index (Phi) is 4.14. The van der Waals surface area contributed by atoms with Gasteiger partial charge in [0.15, 0.2) is 11.0 Å². The van der Waals surface area contributed by atoms with Gasteiger partial charge < -0.3 is 5.32 Å². The topological polar surface area (TPSA) is 92.2 Å². The Labute approximate surface area is 125 Å². The lowest BCUT2D eigenvalue weighted by molar-refractivity contribution is 0.482. The molecular weight excluding hydrogens is 325 g/mol. The molecular formula is C11H9Cl2N3O3S. The van der Waals surface area contributed by atoms with Crippen molar-refractivity contribution in [3.05, 3.63) is 40.3 Å². The van der Waals surface area contributed by atoms with E-state index in [9.17, 15) is 8.42 Å². The molecule has 0 saturated heterocycles. The minimum absolute atomic E-state index is 0.107. The third kappa shape index (κ3) is 3.18. The van der Waals surface area contributed by atoms with E-state index >= 15 is 0 Å². The molecule has 0 bridgehead atoms. The van der Waals surface area contributed by atoms with E-state index in [1.807, 2.05) is 0 Å². The Hall–Kier alpha value is -1.41. The lowest BCUT2D eigenvalue weighted by Crippen LogP contribution is -2.02. The molecule has 0 radical (unpaired) electrons. The van der Waals surface area contributed by atoms with Crippen LogP contribution in [0.3, 0.4) is 0 Å². The smallest absolute Gasteiger partial charge is 0.294 e. The molecule has 0 aliphatic heterocycles. The number of aryl methyl sites for hydroxylation is 1. The summed E-state index contributed by atoms with van der Waals surface area (Å²) in [4.78, 5) is 7.49. The number of hydrogen-bond acceptors (Lipinski definition) is 5. The monoisotopic (exact) mass is 333 g/mol. The normalized spacial score (nSPS) is 11.4. The Morgan fingerprint density at radius 2 is 1.95 bits per heavy atom. The highest BCUT2D eigenvalue weighted by Gasteiger charge is 2.14. The van der Waals surface area contributed by atoms with E-state index < -0.39 is 10.1 Å². The highest BCUT2D eigenvalue weighted by atomic mass is 35.5. The van der Waals surface area contributed by atoms with Crippen molar-refractivity contribution < 1.29 is 13.0 Å². The maximum Gasteiger partial charge on any atom is 0.294 e. The predicted molar refractivity (Wildman–Crippen MR) is 76.3 cm³/mol. The van der Waals surface area contributed by atoms with E-state index in [1.165, 1.54) is 24.5 Å². The summed E-state index contributed by atoms with van der Waals surface area (Å²) < 4.78 is 31.2. The van der Waals surface area contributed by atoms with Gasteiger partial charge in [0.2, 0.25) is 0 Å². The Bertz CT molecular complexity index is 766. The standard InChI is InChI=1S/C11H9Cl2N3O3S/c1-6-4-7(2-3-8(6)20(17,18)19)16-11-9(12)10(13)14-5-15-11/h2-5H,1H3,(H,14,15,16)(H,17,18,19). The van der Waals surface area contributed by atoms with Crippen LogP contribution in [0, 0.1) is 6.92 Å². The number of nitrogens with zero attached hydrogens (tertiary/aromatic N) is 2. The van der Waals surface area contributed by atoms with Gasteiger partial charge in [-0.1, -0.05) is 23.2 Å². The highest BCUT2D eigenvalue weighted by Crippen LogP contribution is 2.29. The third-order valence-electron chi connectivity index (χ3n) is 2.46. The van der Waals surface area contributed by atoms with Gasteiger partial charge in [-0.2, -0.15) is 8.42 Å². The van der Waals surface area contributed by atoms with E-state index in [0.717, 1.165) is 0 Å². The fourth-order valence-electron chi connectivity index (χ4n) is 1.59. The van der Waals surface area contributed by atoms with Crippen LogP contribution in [0.2, 0.25) is 10.2 Å². The zero-order valence-electron chi connectivity index (χ0n) is 10.1. The molecule has 0 atom stereocenters. The van der Waals surface area contributed by atoms with Crippen molar-refractivity contribution in [2.24, 2.45) is 0 Å². The molecule has 6 nitrogen and oxygen atoms in total. The van der Waals surface area contributed by atoms with E-state index in [1.54, 1.807) is 6.92 Å². The van der Waals surface area contributed by atoms with Crippen molar-refractivity contribution in [2.75, 3.05) is 5.32 Å². The minimum Gasteiger partial charge on any atom is -0.339 e. The largest absolute Gasteiger partial charge is 0.339 e. The maximum absolute atomic E-state index is 11.1. The van der Waals surface area contributed by atoms with Crippen LogP contribution in [-0.4, -0.2) is 22.9 Å². The summed E-state index contributed by atoms with van der Waals surface area (Å²) in [6, 6.07) is 4.29. The van der Waals surface area contributed by atoms with Crippen molar-refractivity contribution in [3.63, 3.8) is 0 Å². The molecule has 0 unspecified atom stereocenters. The third-order valence-corrected chi connectivity index (χ3v) is 4.22. The van der Waals surface area contributed by atoms with E-state index in [-0.39, 0.29) is 15.1 Å². The number of aromatic nitrogens is 2. The SMILES string of the molecule is Cc1cc(Nc2ncnc(Cl)c2Cl)ccc1S(=O)(=O)O. The summed E-state index contributed by atoms with van der Waals surface area (Å²) in [6.07, 6.45) is 1.25. The lowest BCUT2D eigenvalue weighted by Gasteiger charge is -2.09. The molecule has 106 valence electrons. The number of halogens is 2. The Morgan fingerprint density at radius 3 is 2.55 bits per heavy atom. The van der Waals surface area contributed by atoms with Crippen LogP contribution in [0.5, 0.6) is 0 Å². The summed E-state index contributed by atoms with van der Waals surface area (Å²) in [5, 5.41) is 3.15. The molecule has 9 heteroatoms. The second-order valence-electron chi connectivity index (χ2n) is 3.91. The molecule has 2 N–H and O–H groups in total. The van der Waals surface area contributed by atoms with Gasteiger partial charge in [0.1, 0.15) is 11.3 Å². The number of rotatable bonds is 3. The molecule has 0 spiro atoms. The average molecular weight is 334 g/mol. The molecule has 1 heterocycles. The van der Waals surface area contributed by atoms with Gasteiger partial charge in [0.25, 0.3) is 10.1 Å². The first kappa shape index (κ1) is 15.0. The van der Waals surface area contributed by atoms with Crippen molar-refractivity contribution in [2.45, 2.75) is 11.8 Å². The van der Waals surface area contributed by atoms with Gasteiger partial charge in [-0.05, 0) is 30.7 Å². The Balaban J connectivity index is 2.36. The van der Waals surface area contributed by atoms with Crippen molar-refractivity contribution in [1.82, 2.24) is 9.97 Å². The lowest BCUT2D eigenvalue weighted by atomic mass is 10.2. The number of hydrogen-bond donors (Lipinski definition) is 2. The zero-order valence-corrected chi connectivity index (χ0v) is 12.5. The van der Waals surface area contributed by atoms with Crippen LogP contribution in [0.1, 0.15) is 5.56 Å². The van der Waals surface area contributed by atoms with Gasteiger partial charge in [0, 0.05) is 5.69 Å². The summed E-state index contributed by atoms with van der Waals surface area (Å²) in [5.41, 5.74) is 0.931. The highest BCUT2D eigenvalue weighted by molar-refractivity contribution is 7.85. The summed E-state index contributed by atoms with van der Waals surface area (Å²) in [6.45, 7) is 1.56. The molecule has 0 aliphatic rings. The fourth-order valence-corrected chi connectivity index (χ4v) is 2.57. The molecule has 20 heavy (non-hydrogen) atoms. The molecule has 0 amide bonds. The quantitative estimate of drug-likeness (QED) is 0.662. The summed E-state index contributed by atoms with van der Waals surface area (Å²) in [7, 11) is -4.24. The van der Waals surface area contributed by atoms with Gasteiger partial charge in [-0.25, -0.2) is 9.97 Å². The second-order valence-corrected chi connectivity index (χ2v) is 6.03. The van der Waals surface area contributed by atoms with Crippen LogP contribution in [0.15, 0.2) is 29.4 Å². The Morgan fingerprint density at radius 1 is 1.25 bits per heavy atom. The van der Waals surface area contributed by atoms with Crippen LogP contribution < -0.4 is 5.32 Å². The van der Waals surface area contributed by atoms with Crippen molar-refractivity contribution >= 4 is 44.8 Å². The molecule has 0 saturated carbocycles.